The van der Waals surface area contributed by atoms with E-state index >= 15 is 0 Å². The summed E-state index contributed by atoms with van der Waals surface area (Å²) in [4.78, 5) is 13.3. The zero-order chi connectivity index (χ0) is 12.3. The third-order valence-electron chi connectivity index (χ3n) is 2.89. The Labute approximate surface area is 111 Å². The number of anilines is 1. The van der Waals surface area contributed by atoms with Crippen molar-refractivity contribution in [1.29, 1.82) is 0 Å². The zero-order valence-electron chi connectivity index (χ0n) is 10.2. The van der Waals surface area contributed by atoms with Gasteiger partial charge in [0.05, 0.1) is 0 Å². The maximum atomic E-state index is 6.02. The number of halogens is 1. The van der Waals surface area contributed by atoms with Gasteiger partial charge in [-0.2, -0.15) is 0 Å². The van der Waals surface area contributed by atoms with E-state index in [0.717, 1.165) is 43.6 Å². The van der Waals surface area contributed by atoms with Gasteiger partial charge in [-0.05, 0) is 26.3 Å². The van der Waals surface area contributed by atoms with Crippen molar-refractivity contribution in [2.24, 2.45) is 0 Å². The normalized spacial score (nSPS) is 18.2. The van der Waals surface area contributed by atoms with E-state index in [1.54, 1.807) is 0 Å². The smallest absolute Gasteiger partial charge is 0.190 e. The first-order valence-electron chi connectivity index (χ1n) is 5.71. The zero-order valence-corrected chi connectivity index (χ0v) is 11.8. The van der Waals surface area contributed by atoms with E-state index in [1.807, 2.05) is 12.3 Å². The molecule has 94 valence electrons. The van der Waals surface area contributed by atoms with E-state index in [0.29, 0.717) is 5.15 Å². The Morgan fingerprint density at radius 1 is 1.24 bits per heavy atom. The molecular weight excluding hydrogens is 256 g/mol. The van der Waals surface area contributed by atoms with Crippen LogP contribution in [0.25, 0.3) is 0 Å². The number of thioether (sulfide) groups is 1. The van der Waals surface area contributed by atoms with Crippen molar-refractivity contribution in [3.05, 3.63) is 11.2 Å². The summed E-state index contributed by atoms with van der Waals surface area (Å²) in [6.45, 7) is 4.24. The van der Waals surface area contributed by atoms with Crippen LogP contribution in [-0.4, -0.2) is 54.4 Å². The van der Waals surface area contributed by atoms with Crippen LogP contribution in [0.15, 0.2) is 11.2 Å². The highest BCUT2D eigenvalue weighted by atomic mass is 35.5. The molecule has 0 N–H and O–H groups in total. The Balaban J connectivity index is 2.17. The Kier molecular flexibility index (Phi) is 4.48. The summed E-state index contributed by atoms with van der Waals surface area (Å²) in [6, 6.07) is 1.85. The Hall–Kier alpha value is -0.520. The van der Waals surface area contributed by atoms with Gasteiger partial charge in [0.25, 0.3) is 0 Å². The number of hydrogen-bond donors (Lipinski definition) is 0. The van der Waals surface area contributed by atoms with Gasteiger partial charge in [0, 0.05) is 25.7 Å². The van der Waals surface area contributed by atoms with Gasteiger partial charge >= 0.3 is 0 Å². The first-order chi connectivity index (χ1) is 8.19. The number of rotatable bonds is 2. The van der Waals surface area contributed by atoms with E-state index < -0.39 is 0 Å². The second kappa shape index (κ2) is 5.89. The predicted octanol–water partition coefficient (Wildman–Crippen LogP) is 1.99. The molecule has 0 radical (unpaired) electrons. The molecule has 4 nitrogen and oxygen atoms in total. The Bertz CT molecular complexity index is 388. The van der Waals surface area contributed by atoms with Crippen LogP contribution in [-0.2, 0) is 0 Å². The van der Waals surface area contributed by atoms with E-state index in [9.17, 15) is 0 Å². The second-order valence-electron chi connectivity index (χ2n) is 4.18. The quantitative estimate of drug-likeness (QED) is 0.467. The minimum absolute atomic E-state index is 0.525. The molecule has 0 bridgehead atoms. The maximum absolute atomic E-state index is 6.02. The van der Waals surface area contributed by atoms with E-state index in [-0.39, 0.29) is 0 Å². The molecule has 0 unspecified atom stereocenters. The number of likely N-dealkylation sites (N-methyl/N-ethyl adjacent to an activating group) is 1. The van der Waals surface area contributed by atoms with Crippen LogP contribution < -0.4 is 4.90 Å². The predicted molar refractivity (Wildman–Crippen MR) is 73.2 cm³/mol. The summed E-state index contributed by atoms with van der Waals surface area (Å²) >= 11 is 7.54. The summed E-state index contributed by atoms with van der Waals surface area (Å²) in [5.74, 6) is 0.949. The standard InChI is InChI=1S/C11H17ClN4S/c1-15-4-3-5-16(7-6-15)10-8-9(12)13-11(14-10)17-2/h8H,3-7H2,1-2H3. The summed E-state index contributed by atoms with van der Waals surface area (Å²) in [5.41, 5.74) is 0. The minimum atomic E-state index is 0.525. The van der Waals surface area contributed by atoms with Gasteiger partial charge in [0.1, 0.15) is 11.0 Å². The molecule has 6 heteroatoms. The molecule has 0 amide bonds. The highest BCUT2D eigenvalue weighted by Crippen LogP contribution is 2.21. The minimum Gasteiger partial charge on any atom is -0.355 e. The highest BCUT2D eigenvalue weighted by molar-refractivity contribution is 7.98. The first kappa shape index (κ1) is 12.9. The van der Waals surface area contributed by atoms with E-state index in [1.165, 1.54) is 11.8 Å². The molecule has 1 aromatic heterocycles. The lowest BCUT2D eigenvalue weighted by molar-refractivity contribution is 0.360. The topological polar surface area (TPSA) is 32.3 Å². The van der Waals surface area contributed by atoms with E-state index in [4.69, 9.17) is 11.6 Å². The summed E-state index contributed by atoms with van der Waals surface area (Å²) in [6.07, 6.45) is 3.12. The lowest BCUT2D eigenvalue weighted by atomic mass is 10.4. The van der Waals surface area contributed by atoms with Crippen LogP contribution in [0.5, 0.6) is 0 Å². The Morgan fingerprint density at radius 3 is 2.82 bits per heavy atom. The van der Waals surface area contributed by atoms with Crippen LogP contribution in [0.3, 0.4) is 0 Å². The summed E-state index contributed by atoms with van der Waals surface area (Å²) in [5, 5.41) is 1.27. The van der Waals surface area contributed by atoms with Crippen LogP contribution >= 0.6 is 23.4 Å². The summed E-state index contributed by atoms with van der Waals surface area (Å²) in [7, 11) is 2.16. The molecule has 2 heterocycles. The monoisotopic (exact) mass is 272 g/mol. The van der Waals surface area contributed by atoms with Gasteiger partial charge in [-0.1, -0.05) is 23.4 Å². The molecule has 0 atom stereocenters. The van der Waals surface area contributed by atoms with Gasteiger partial charge < -0.3 is 9.80 Å². The van der Waals surface area contributed by atoms with Crippen molar-refractivity contribution in [3.8, 4) is 0 Å². The molecule has 0 aliphatic carbocycles. The highest BCUT2D eigenvalue weighted by Gasteiger charge is 2.15. The third kappa shape index (κ3) is 3.47. The SMILES string of the molecule is CSc1nc(Cl)cc(N2CCCN(C)CC2)n1. The van der Waals surface area contributed by atoms with Crippen LogP contribution in [0.1, 0.15) is 6.42 Å². The molecule has 1 fully saturated rings. The lowest BCUT2D eigenvalue weighted by Gasteiger charge is -2.21. The van der Waals surface area contributed by atoms with Crippen molar-refractivity contribution < 1.29 is 0 Å². The molecular formula is C11H17ClN4S. The van der Waals surface area contributed by atoms with Gasteiger partial charge in [-0.25, -0.2) is 9.97 Å². The molecule has 1 saturated heterocycles. The Morgan fingerprint density at radius 2 is 2.06 bits per heavy atom. The molecule has 17 heavy (non-hydrogen) atoms. The fraction of sp³-hybridized carbons (Fsp3) is 0.636. The number of nitrogens with zero attached hydrogens (tertiary/aromatic N) is 4. The molecule has 2 rings (SSSR count). The second-order valence-corrected chi connectivity index (χ2v) is 5.34. The van der Waals surface area contributed by atoms with Gasteiger partial charge in [0.15, 0.2) is 5.16 Å². The fourth-order valence-corrected chi connectivity index (χ4v) is 2.52. The van der Waals surface area contributed by atoms with Crippen LogP contribution in [0, 0.1) is 0 Å². The average molecular weight is 273 g/mol. The van der Waals surface area contributed by atoms with Crippen molar-refractivity contribution in [1.82, 2.24) is 14.9 Å². The first-order valence-corrected chi connectivity index (χ1v) is 7.31. The number of hydrogen-bond acceptors (Lipinski definition) is 5. The molecule has 0 spiro atoms. The molecule has 0 aromatic carbocycles. The summed E-state index contributed by atoms with van der Waals surface area (Å²) < 4.78 is 0. The fourth-order valence-electron chi connectivity index (χ4n) is 1.91. The number of aromatic nitrogens is 2. The van der Waals surface area contributed by atoms with E-state index in [2.05, 4.69) is 26.8 Å². The van der Waals surface area contributed by atoms with Crippen molar-refractivity contribution in [2.75, 3.05) is 44.4 Å². The maximum Gasteiger partial charge on any atom is 0.190 e. The van der Waals surface area contributed by atoms with Crippen molar-refractivity contribution in [2.45, 2.75) is 11.6 Å². The third-order valence-corrected chi connectivity index (χ3v) is 3.63. The van der Waals surface area contributed by atoms with Crippen LogP contribution in [0.4, 0.5) is 5.82 Å². The lowest BCUT2D eigenvalue weighted by Crippen LogP contribution is -2.29. The average Bonchev–Trinajstić information content (AvgIpc) is 2.53. The van der Waals surface area contributed by atoms with Gasteiger partial charge in [-0.3, -0.25) is 0 Å². The van der Waals surface area contributed by atoms with Crippen molar-refractivity contribution >= 4 is 29.2 Å². The largest absolute Gasteiger partial charge is 0.355 e. The molecule has 1 aromatic rings. The van der Waals surface area contributed by atoms with Gasteiger partial charge in [0.2, 0.25) is 0 Å². The van der Waals surface area contributed by atoms with Crippen molar-refractivity contribution in [3.63, 3.8) is 0 Å². The van der Waals surface area contributed by atoms with Crippen LogP contribution in [0.2, 0.25) is 5.15 Å². The molecule has 1 aliphatic rings. The van der Waals surface area contributed by atoms with Gasteiger partial charge in [-0.15, -0.1) is 0 Å². The molecule has 0 saturated carbocycles. The molecule has 1 aliphatic heterocycles.